The molecule has 1 fully saturated rings. The summed E-state index contributed by atoms with van der Waals surface area (Å²) in [5.41, 5.74) is 2.20. The minimum Gasteiger partial charge on any atom is -0.464 e. The van der Waals surface area contributed by atoms with Gasteiger partial charge in [0.1, 0.15) is 5.65 Å². The number of ether oxygens (including phenoxy) is 2. The molecule has 0 unspecified atom stereocenters. The van der Waals surface area contributed by atoms with E-state index in [0.717, 1.165) is 31.4 Å². The van der Waals surface area contributed by atoms with E-state index in [0.29, 0.717) is 41.6 Å². The van der Waals surface area contributed by atoms with Crippen molar-refractivity contribution in [3.63, 3.8) is 0 Å². The Bertz CT molecular complexity index is 882. The molecule has 8 heteroatoms. The number of hydrogen-bond acceptors (Lipinski definition) is 6. The normalized spacial score (nSPS) is 16.4. The second-order valence-electron chi connectivity index (χ2n) is 7.39. The van der Waals surface area contributed by atoms with Crippen LogP contribution in [0.4, 0.5) is 11.4 Å². The van der Waals surface area contributed by atoms with Crippen LogP contribution in [0.5, 0.6) is 0 Å². The van der Waals surface area contributed by atoms with Gasteiger partial charge in [-0.1, -0.05) is 13.8 Å². The first-order valence-corrected chi connectivity index (χ1v) is 10.2. The maximum Gasteiger partial charge on any atom is 0.356 e. The molecule has 1 saturated heterocycles. The van der Waals surface area contributed by atoms with Crippen molar-refractivity contribution in [2.75, 3.05) is 24.4 Å². The van der Waals surface area contributed by atoms with Gasteiger partial charge in [0, 0.05) is 25.0 Å². The van der Waals surface area contributed by atoms with E-state index in [-0.39, 0.29) is 12.0 Å². The zero-order chi connectivity index (χ0) is 21.0. The monoisotopic (exact) mass is 402 g/mol. The summed E-state index contributed by atoms with van der Waals surface area (Å²) in [6.07, 6.45) is 5.66. The lowest BCUT2D eigenvalue weighted by molar-refractivity contribution is -0.114. The highest BCUT2D eigenvalue weighted by atomic mass is 16.5. The van der Waals surface area contributed by atoms with Gasteiger partial charge in [-0.15, -0.1) is 0 Å². The predicted molar refractivity (Wildman–Crippen MR) is 112 cm³/mol. The van der Waals surface area contributed by atoms with Crippen LogP contribution >= 0.6 is 0 Å². The van der Waals surface area contributed by atoms with Crippen molar-refractivity contribution in [2.24, 2.45) is 0 Å². The number of hydrogen-bond donors (Lipinski definition) is 2. The fourth-order valence-electron chi connectivity index (χ4n) is 3.81. The quantitative estimate of drug-likeness (QED) is 0.656. The molecule has 2 aromatic heterocycles. The highest BCUT2D eigenvalue weighted by molar-refractivity contribution is 6.10. The Morgan fingerprint density at radius 2 is 2.14 bits per heavy atom. The van der Waals surface area contributed by atoms with E-state index in [1.807, 2.05) is 10.6 Å². The Labute approximate surface area is 171 Å². The molecule has 29 heavy (non-hydrogen) atoms. The number of aromatic nitrogens is 2. The molecule has 1 amide bonds. The molecule has 3 rings (SSSR count). The van der Waals surface area contributed by atoms with Crippen LogP contribution in [0.25, 0.3) is 11.0 Å². The molecule has 158 valence electrons. The average Bonchev–Trinajstić information content (AvgIpc) is 3.32. The zero-order valence-corrected chi connectivity index (χ0v) is 17.6. The van der Waals surface area contributed by atoms with Gasteiger partial charge in [-0.2, -0.15) is 0 Å². The van der Waals surface area contributed by atoms with Crippen LogP contribution in [-0.2, 0) is 20.8 Å². The van der Waals surface area contributed by atoms with Gasteiger partial charge in [0.05, 0.1) is 37.3 Å². The third-order valence-corrected chi connectivity index (χ3v) is 5.34. The first-order chi connectivity index (χ1) is 14.0. The number of carbonyl (C=O) groups excluding carboxylic acids is 2. The van der Waals surface area contributed by atoms with E-state index in [1.165, 1.54) is 14.0 Å². The van der Waals surface area contributed by atoms with Crippen molar-refractivity contribution in [1.82, 2.24) is 9.55 Å². The van der Waals surface area contributed by atoms with Crippen molar-refractivity contribution in [3.05, 3.63) is 18.0 Å². The minimum absolute atomic E-state index is 0.00310. The topological polar surface area (TPSA) is 94.5 Å². The molecule has 0 aliphatic carbocycles. The number of carbonyl (C=O) groups is 2. The van der Waals surface area contributed by atoms with E-state index in [2.05, 4.69) is 29.5 Å². The SMILES string of the molecule is CCC(CC)Nc1cnc2c(c1)c(NC(C)=O)c(C(=O)OC)n2C[C@H]1CCCO1. The maximum absolute atomic E-state index is 12.7. The van der Waals surface area contributed by atoms with E-state index < -0.39 is 5.97 Å². The van der Waals surface area contributed by atoms with Crippen molar-refractivity contribution < 1.29 is 19.1 Å². The third-order valence-electron chi connectivity index (χ3n) is 5.34. The number of methoxy groups -OCH3 is 1. The Morgan fingerprint density at radius 1 is 1.38 bits per heavy atom. The van der Waals surface area contributed by atoms with Crippen LogP contribution < -0.4 is 10.6 Å². The Kier molecular flexibility index (Phi) is 6.74. The molecular weight excluding hydrogens is 372 g/mol. The van der Waals surface area contributed by atoms with Gasteiger partial charge in [0.15, 0.2) is 5.69 Å². The van der Waals surface area contributed by atoms with Gasteiger partial charge in [-0.25, -0.2) is 9.78 Å². The Balaban J connectivity index is 2.14. The molecule has 1 aliphatic rings. The second kappa shape index (κ2) is 9.26. The van der Waals surface area contributed by atoms with Crippen LogP contribution in [0, 0.1) is 0 Å². The lowest BCUT2D eigenvalue weighted by Gasteiger charge is -2.16. The van der Waals surface area contributed by atoms with Crippen LogP contribution in [0.15, 0.2) is 12.3 Å². The average molecular weight is 402 g/mol. The molecule has 0 aromatic carbocycles. The number of nitrogens with zero attached hydrogens (tertiary/aromatic N) is 2. The summed E-state index contributed by atoms with van der Waals surface area (Å²) < 4.78 is 12.6. The minimum atomic E-state index is -0.515. The predicted octanol–water partition coefficient (Wildman–Crippen LogP) is 3.56. The standard InChI is InChI=1S/C21H30N4O4/c1-5-14(6-2)24-15-10-17-18(23-13(3)26)19(21(27)28-4)25(20(17)22-11-15)12-16-8-7-9-29-16/h10-11,14,16,24H,5-9,12H2,1-4H3,(H,23,26)/t16-/m1/s1. The van der Waals surface area contributed by atoms with Crippen molar-refractivity contribution in [2.45, 2.75) is 65.1 Å². The van der Waals surface area contributed by atoms with Crippen molar-refractivity contribution in [3.8, 4) is 0 Å². The van der Waals surface area contributed by atoms with E-state index >= 15 is 0 Å². The fourth-order valence-corrected chi connectivity index (χ4v) is 3.81. The van der Waals surface area contributed by atoms with Gasteiger partial charge in [-0.05, 0) is 31.7 Å². The number of rotatable bonds is 8. The molecule has 2 aromatic rings. The smallest absolute Gasteiger partial charge is 0.356 e. The maximum atomic E-state index is 12.7. The summed E-state index contributed by atoms with van der Waals surface area (Å²) in [6, 6.07) is 2.26. The molecule has 2 N–H and O–H groups in total. The second-order valence-corrected chi connectivity index (χ2v) is 7.39. The lowest BCUT2D eigenvalue weighted by Crippen LogP contribution is -2.21. The molecule has 1 aliphatic heterocycles. The summed E-state index contributed by atoms with van der Waals surface area (Å²) in [4.78, 5) is 29.2. The van der Waals surface area contributed by atoms with Crippen LogP contribution in [0.3, 0.4) is 0 Å². The van der Waals surface area contributed by atoms with E-state index in [9.17, 15) is 9.59 Å². The zero-order valence-electron chi connectivity index (χ0n) is 17.6. The summed E-state index contributed by atoms with van der Waals surface area (Å²) in [5.74, 6) is -0.774. The molecular formula is C21H30N4O4. The molecule has 3 heterocycles. The molecule has 0 spiro atoms. The number of anilines is 2. The van der Waals surface area contributed by atoms with Crippen molar-refractivity contribution in [1.29, 1.82) is 0 Å². The van der Waals surface area contributed by atoms with E-state index in [4.69, 9.17) is 9.47 Å². The Morgan fingerprint density at radius 3 is 2.72 bits per heavy atom. The number of nitrogens with one attached hydrogen (secondary N) is 2. The van der Waals surface area contributed by atoms with Gasteiger partial charge >= 0.3 is 5.97 Å². The number of esters is 1. The molecule has 0 bridgehead atoms. The molecule has 8 nitrogen and oxygen atoms in total. The van der Waals surface area contributed by atoms with E-state index in [1.54, 1.807) is 6.20 Å². The van der Waals surface area contributed by atoms with Crippen LogP contribution in [-0.4, -0.2) is 47.3 Å². The first kappa shape index (κ1) is 21.1. The van der Waals surface area contributed by atoms with Gasteiger partial charge in [0.2, 0.25) is 5.91 Å². The Hall–Kier alpha value is -2.61. The summed E-state index contributed by atoms with van der Waals surface area (Å²) in [5, 5.41) is 6.99. The summed E-state index contributed by atoms with van der Waals surface area (Å²) in [6.45, 7) is 6.87. The largest absolute Gasteiger partial charge is 0.464 e. The molecule has 0 radical (unpaired) electrons. The molecule has 0 saturated carbocycles. The number of fused-ring (bicyclic) bond motifs is 1. The summed E-state index contributed by atoms with van der Waals surface area (Å²) in [7, 11) is 1.33. The van der Waals surface area contributed by atoms with Crippen molar-refractivity contribution >= 4 is 34.3 Å². The van der Waals surface area contributed by atoms with Gasteiger partial charge in [-0.3, -0.25) is 4.79 Å². The lowest BCUT2D eigenvalue weighted by atomic mass is 10.1. The fraction of sp³-hybridized carbons (Fsp3) is 0.571. The van der Waals surface area contributed by atoms with Gasteiger partial charge in [0.25, 0.3) is 0 Å². The third kappa shape index (κ3) is 4.53. The first-order valence-electron chi connectivity index (χ1n) is 10.2. The summed E-state index contributed by atoms with van der Waals surface area (Å²) >= 11 is 0. The molecule has 1 atom stereocenters. The number of pyridine rings is 1. The van der Waals surface area contributed by atoms with Crippen LogP contribution in [0.1, 0.15) is 56.9 Å². The highest BCUT2D eigenvalue weighted by Gasteiger charge is 2.28. The van der Waals surface area contributed by atoms with Gasteiger partial charge < -0.3 is 24.7 Å². The van der Waals surface area contributed by atoms with Crippen LogP contribution in [0.2, 0.25) is 0 Å². The number of amides is 1. The highest BCUT2D eigenvalue weighted by Crippen LogP contribution is 2.34.